The van der Waals surface area contributed by atoms with Crippen molar-refractivity contribution in [2.45, 2.75) is 57.3 Å². The number of rotatable bonds is 8. The van der Waals surface area contributed by atoms with Crippen molar-refractivity contribution >= 4 is 10.0 Å². The van der Waals surface area contributed by atoms with Crippen LogP contribution in [0.3, 0.4) is 0 Å². The topological polar surface area (TPSA) is 80.6 Å². The fraction of sp³-hybridized carbons (Fsp3) is 0.714. The van der Waals surface area contributed by atoms with Crippen LogP contribution in [0.1, 0.15) is 39.9 Å². The molecule has 1 heterocycles. The van der Waals surface area contributed by atoms with Crippen LogP contribution >= 0.6 is 0 Å². The van der Waals surface area contributed by atoms with E-state index in [9.17, 15) is 8.42 Å². The largest absolute Gasteiger partial charge is 0.447 e. The number of ether oxygens (including phenoxy) is 1. The molecule has 0 spiro atoms. The summed E-state index contributed by atoms with van der Waals surface area (Å²) in [4.78, 5) is 0. The Morgan fingerprint density at radius 2 is 2.00 bits per heavy atom. The molecule has 0 aliphatic rings. The van der Waals surface area contributed by atoms with Crippen LogP contribution < -0.4 is 10.0 Å². The van der Waals surface area contributed by atoms with Crippen LogP contribution in [0.4, 0.5) is 0 Å². The van der Waals surface area contributed by atoms with Crippen molar-refractivity contribution in [1.82, 2.24) is 10.0 Å². The smallest absolute Gasteiger partial charge is 0.274 e. The van der Waals surface area contributed by atoms with Crippen LogP contribution in [0.2, 0.25) is 0 Å². The van der Waals surface area contributed by atoms with Crippen LogP contribution in [0.5, 0.6) is 0 Å². The molecule has 0 fully saturated rings. The number of hydrogen-bond donors (Lipinski definition) is 2. The van der Waals surface area contributed by atoms with Gasteiger partial charge in [-0.1, -0.05) is 6.92 Å². The number of nitrogens with one attached hydrogen (secondary N) is 2. The van der Waals surface area contributed by atoms with Gasteiger partial charge in [0.2, 0.25) is 5.09 Å². The summed E-state index contributed by atoms with van der Waals surface area (Å²) >= 11 is 0. The second-order valence-corrected chi connectivity index (χ2v) is 7.65. The van der Waals surface area contributed by atoms with Crippen LogP contribution in [0.15, 0.2) is 21.6 Å². The van der Waals surface area contributed by atoms with E-state index in [0.717, 1.165) is 0 Å². The van der Waals surface area contributed by atoms with Gasteiger partial charge in [-0.2, -0.15) is 0 Å². The van der Waals surface area contributed by atoms with Crippen LogP contribution in [-0.4, -0.2) is 33.7 Å². The minimum absolute atomic E-state index is 0.0597. The molecular formula is C14H26N2O4S. The Morgan fingerprint density at radius 3 is 2.52 bits per heavy atom. The number of sulfonamides is 1. The van der Waals surface area contributed by atoms with Crippen molar-refractivity contribution in [3.8, 4) is 0 Å². The van der Waals surface area contributed by atoms with E-state index in [0.29, 0.717) is 25.3 Å². The van der Waals surface area contributed by atoms with Gasteiger partial charge < -0.3 is 14.5 Å². The molecule has 0 aliphatic heterocycles. The van der Waals surface area contributed by atoms with E-state index >= 15 is 0 Å². The first-order valence-electron chi connectivity index (χ1n) is 7.03. The zero-order valence-corrected chi connectivity index (χ0v) is 14.2. The first-order chi connectivity index (χ1) is 9.68. The minimum atomic E-state index is -3.65. The van der Waals surface area contributed by atoms with Gasteiger partial charge in [-0.05, 0) is 39.3 Å². The number of hydrogen-bond acceptors (Lipinski definition) is 5. The highest BCUT2D eigenvalue weighted by molar-refractivity contribution is 7.89. The first kappa shape index (κ1) is 18.2. The number of methoxy groups -OCH3 is 1. The summed E-state index contributed by atoms with van der Waals surface area (Å²) < 4.78 is 37.4. The highest BCUT2D eigenvalue weighted by Gasteiger charge is 2.22. The molecule has 2 N–H and O–H groups in total. The first-order valence-corrected chi connectivity index (χ1v) is 8.51. The average molecular weight is 318 g/mol. The predicted molar refractivity (Wildman–Crippen MR) is 81.6 cm³/mol. The molecular weight excluding hydrogens is 292 g/mol. The van der Waals surface area contributed by atoms with Crippen molar-refractivity contribution in [2.75, 3.05) is 13.7 Å². The van der Waals surface area contributed by atoms with Crippen LogP contribution in [-0.2, 0) is 21.3 Å². The van der Waals surface area contributed by atoms with E-state index < -0.39 is 10.0 Å². The maximum Gasteiger partial charge on any atom is 0.274 e. The zero-order chi connectivity index (χ0) is 16.1. The van der Waals surface area contributed by atoms with Crippen LogP contribution in [0, 0.1) is 0 Å². The van der Waals surface area contributed by atoms with Crippen molar-refractivity contribution in [2.24, 2.45) is 0 Å². The van der Waals surface area contributed by atoms with Crippen molar-refractivity contribution in [3.05, 3.63) is 17.9 Å². The molecule has 1 rings (SSSR count). The molecule has 21 heavy (non-hydrogen) atoms. The SMILES string of the molecule is CCC(COC)NS(=O)(=O)c1ccc(CNC(C)(C)C)o1. The molecule has 6 nitrogen and oxygen atoms in total. The summed E-state index contributed by atoms with van der Waals surface area (Å²) in [6.07, 6.45) is 0.645. The van der Waals surface area contributed by atoms with E-state index in [-0.39, 0.29) is 16.7 Å². The Bertz CT molecular complexity index is 531. The zero-order valence-electron chi connectivity index (χ0n) is 13.4. The molecule has 0 aromatic carbocycles. The minimum Gasteiger partial charge on any atom is -0.447 e. The molecule has 0 radical (unpaired) electrons. The fourth-order valence-corrected chi connectivity index (χ4v) is 2.92. The summed E-state index contributed by atoms with van der Waals surface area (Å²) in [5.74, 6) is 0.588. The van der Waals surface area contributed by atoms with Crippen molar-refractivity contribution in [1.29, 1.82) is 0 Å². The molecule has 0 amide bonds. The molecule has 1 aromatic heterocycles. The lowest BCUT2D eigenvalue weighted by Gasteiger charge is -2.19. The van der Waals surface area contributed by atoms with Gasteiger partial charge in [-0.3, -0.25) is 0 Å². The molecule has 0 saturated heterocycles. The van der Waals surface area contributed by atoms with Gasteiger partial charge in [0.25, 0.3) is 10.0 Å². The molecule has 1 unspecified atom stereocenters. The predicted octanol–water partition coefficient (Wildman–Crippen LogP) is 1.87. The fourth-order valence-electron chi connectivity index (χ4n) is 1.66. The highest BCUT2D eigenvalue weighted by Crippen LogP contribution is 2.15. The molecule has 122 valence electrons. The third-order valence-corrected chi connectivity index (χ3v) is 4.27. The van der Waals surface area contributed by atoms with Gasteiger partial charge in [-0.25, -0.2) is 13.1 Å². The Kier molecular flexibility index (Phi) is 6.40. The molecule has 7 heteroatoms. The van der Waals surface area contributed by atoms with E-state index in [1.54, 1.807) is 13.2 Å². The lowest BCUT2D eigenvalue weighted by Crippen LogP contribution is -2.37. The third-order valence-electron chi connectivity index (χ3n) is 2.88. The van der Waals surface area contributed by atoms with Crippen molar-refractivity contribution < 1.29 is 17.6 Å². The van der Waals surface area contributed by atoms with Gasteiger partial charge in [0.15, 0.2) is 0 Å². The summed E-state index contributed by atoms with van der Waals surface area (Å²) in [6.45, 7) is 8.80. The molecule has 0 bridgehead atoms. The Balaban J connectivity index is 2.74. The molecule has 0 aliphatic carbocycles. The number of furan rings is 1. The molecule has 1 atom stereocenters. The Morgan fingerprint density at radius 1 is 1.33 bits per heavy atom. The molecule has 1 aromatic rings. The lowest BCUT2D eigenvalue weighted by molar-refractivity contribution is 0.173. The standard InChI is InChI=1S/C14H26N2O4S/c1-6-11(10-19-5)16-21(17,18)13-8-7-12(20-13)9-15-14(2,3)4/h7-8,11,15-16H,6,9-10H2,1-5H3. The average Bonchev–Trinajstić information content (AvgIpc) is 2.84. The summed E-state index contributed by atoms with van der Waals surface area (Å²) in [5.41, 5.74) is -0.0597. The maximum atomic E-state index is 12.2. The van der Waals surface area contributed by atoms with Gasteiger partial charge in [0.05, 0.1) is 13.2 Å². The van der Waals surface area contributed by atoms with Gasteiger partial charge >= 0.3 is 0 Å². The van der Waals surface area contributed by atoms with E-state index in [2.05, 4.69) is 10.0 Å². The maximum absolute atomic E-state index is 12.2. The quantitative estimate of drug-likeness (QED) is 0.765. The summed E-state index contributed by atoms with van der Waals surface area (Å²) in [5, 5.41) is 3.18. The second kappa shape index (κ2) is 7.40. The van der Waals surface area contributed by atoms with Gasteiger partial charge in [-0.15, -0.1) is 0 Å². The van der Waals surface area contributed by atoms with E-state index in [1.165, 1.54) is 6.07 Å². The van der Waals surface area contributed by atoms with Gasteiger partial charge in [0, 0.05) is 18.7 Å². The second-order valence-electron chi connectivity index (χ2n) is 6.01. The lowest BCUT2D eigenvalue weighted by atomic mass is 10.1. The van der Waals surface area contributed by atoms with Crippen molar-refractivity contribution in [3.63, 3.8) is 0 Å². The normalized spacial score (nSPS) is 14.3. The van der Waals surface area contributed by atoms with E-state index in [4.69, 9.17) is 9.15 Å². The third kappa shape index (κ3) is 6.17. The molecule has 0 saturated carbocycles. The Labute approximate surface area is 127 Å². The summed E-state index contributed by atoms with van der Waals surface area (Å²) in [6, 6.07) is 2.88. The Hall–Kier alpha value is -0.890. The van der Waals surface area contributed by atoms with Crippen LogP contribution in [0.25, 0.3) is 0 Å². The summed E-state index contributed by atoms with van der Waals surface area (Å²) in [7, 11) is -2.11. The van der Waals surface area contributed by atoms with Gasteiger partial charge in [0.1, 0.15) is 5.76 Å². The monoisotopic (exact) mass is 318 g/mol. The highest BCUT2D eigenvalue weighted by atomic mass is 32.2. The van der Waals surface area contributed by atoms with E-state index in [1.807, 2.05) is 27.7 Å².